The van der Waals surface area contributed by atoms with Crippen molar-refractivity contribution in [1.82, 2.24) is 9.88 Å². The molecule has 3 aromatic rings. The zero-order chi connectivity index (χ0) is 26.6. The first-order chi connectivity index (χ1) is 17.7. The number of aryl methyl sites for hydroxylation is 2. The van der Waals surface area contributed by atoms with E-state index in [4.69, 9.17) is 25.4 Å². The molecule has 0 aliphatic carbocycles. The van der Waals surface area contributed by atoms with Gasteiger partial charge in [0.1, 0.15) is 6.61 Å². The molecule has 0 bridgehead atoms. The van der Waals surface area contributed by atoms with Gasteiger partial charge in [0, 0.05) is 29.2 Å². The number of benzene rings is 2. The Hall–Kier alpha value is -2.54. The van der Waals surface area contributed by atoms with Crippen molar-refractivity contribution in [3.05, 3.63) is 82.1 Å². The van der Waals surface area contributed by atoms with Crippen LogP contribution in [0.4, 0.5) is 0 Å². The first-order valence-electron chi connectivity index (χ1n) is 12.3. The number of rotatable bonds is 8. The van der Waals surface area contributed by atoms with Gasteiger partial charge in [-0.3, -0.25) is 14.4 Å². The third kappa shape index (κ3) is 6.31. The SMILES string of the molecule is Cc1nc(C)c(P2(=O)OCCC(C)O2)c(-c2ccccc2Cl)c1C(=O)OCCN(C)Cc1ccccc1. The molecule has 2 unspecified atom stereocenters. The molecule has 2 atom stereocenters. The van der Waals surface area contributed by atoms with Crippen LogP contribution in [-0.2, 0) is 24.9 Å². The van der Waals surface area contributed by atoms with E-state index in [1.54, 1.807) is 32.0 Å². The lowest BCUT2D eigenvalue weighted by molar-refractivity contribution is 0.0470. The van der Waals surface area contributed by atoms with E-state index in [0.717, 1.165) is 6.54 Å². The van der Waals surface area contributed by atoms with E-state index >= 15 is 0 Å². The average Bonchev–Trinajstić information content (AvgIpc) is 2.84. The van der Waals surface area contributed by atoms with Crippen molar-refractivity contribution in [2.75, 3.05) is 26.8 Å². The minimum atomic E-state index is -3.79. The maximum atomic E-state index is 14.0. The van der Waals surface area contributed by atoms with E-state index in [1.165, 1.54) is 5.56 Å². The third-order valence-electron chi connectivity index (χ3n) is 6.25. The highest BCUT2D eigenvalue weighted by Gasteiger charge is 2.41. The van der Waals surface area contributed by atoms with Crippen molar-refractivity contribution in [2.24, 2.45) is 0 Å². The molecule has 2 aromatic carbocycles. The number of aromatic nitrogens is 1. The molecule has 9 heteroatoms. The van der Waals surface area contributed by atoms with Gasteiger partial charge in [-0.1, -0.05) is 60.1 Å². The summed E-state index contributed by atoms with van der Waals surface area (Å²) < 4.78 is 31.4. The zero-order valence-corrected chi connectivity index (χ0v) is 23.2. The molecule has 1 aliphatic rings. The molecule has 1 fully saturated rings. The Morgan fingerprint density at radius 1 is 1.14 bits per heavy atom. The number of nitrogens with zero attached hydrogens (tertiary/aromatic N) is 2. The quantitative estimate of drug-likeness (QED) is 0.257. The largest absolute Gasteiger partial charge is 0.461 e. The number of hydrogen-bond acceptors (Lipinski definition) is 7. The Balaban J connectivity index is 1.68. The van der Waals surface area contributed by atoms with Gasteiger partial charge < -0.3 is 13.8 Å². The summed E-state index contributed by atoms with van der Waals surface area (Å²) in [7, 11) is -1.82. The maximum Gasteiger partial charge on any atom is 0.364 e. The molecule has 0 amide bonds. The summed E-state index contributed by atoms with van der Waals surface area (Å²) in [6, 6.07) is 17.2. The van der Waals surface area contributed by atoms with E-state index in [9.17, 15) is 9.36 Å². The van der Waals surface area contributed by atoms with E-state index in [0.29, 0.717) is 40.5 Å². The molecule has 1 saturated heterocycles. The number of hydrogen-bond donors (Lipinski definition) is 0. The van der Waals surface area contributed by atoms with Gasteiger partial charge >= 0.3 is 13.6 Å². The molecule has 1 aliphatic heterocycles. The molecule has 196 valence electrons. The predicted octanol–water partition coefficient (Wildman–Crippen LogP) is 5.95. The molecule has 0 saturated carbocycles. The molecule has 1 aromatic heterocycles. The van der Waals surface area contributed by atoms with Crippen LogP contribution in [0, 0.1) is 13.8 Å². The summed E-state index contributed by atoms with van der Waals surface area (Å²) in [4.78, 5) is 20.2. The molecule has 2 heterocycles. The second kappa shape index (κ2) is 11.9. The Morgan fingerprint density at radius 2 is 1.84 bits per heavy atom. The fraction of sp³-hybridized carbons (Fsp3) is 0.357. The summed E-state index contributed by atoms with van der Waals surface area (Å²) in [5.74, 6) is -0.564. The molecule has 4 rings (SSSR count). The Kier molecular flexibility index (Phi) is 8.83. The van der Waals surface area contributed by atoms with Crippen molar-refractivity contribution in [1.29, 1.82) is 0 Å². The number of ether oxygens (including phenoxy) is 1. The van der Waals surface area contributed by atoms with Gasteiger partial charge in [-0.25, -0.2) is 4.79 Å². The van der Waals surface area contributed by atoms with Crippen LogP contribution < -0.4 is 5.30 Å². The summed E-state index contributed by atoms with van der Waals surface area (Å²) in [6.45, 7) is 7.04. The fourth-order valence-electron chi connectivity index (χ4n) is 4.47. The van der Waals surface area contributed by atoms with Crippen LogP contribution in [0.2, 0.25) is 5.02 Å². The van der Waals surface area contributed by atoms with Crippen LogP contribution in [0.5, 0.6) is 0 Å². The average molecular weight is 543 g/mol. The number of carbonyl (C=O) groups excluding carboxylic acids is 1. The van der Waals surface area contributed by atoms with Crippen molar-refractivity contribution in [3.63, 3.8) is 0 Å². The number of pyridine rings is 1. The van der Waals surface area contributed by atoms with Crippen molar-refractivity contribution in [3.8, 4) is 11.1 Å². The first-order valence-corrected chi connectivity index (χ1v) is 14.2. The summed E-state index contributed by atoms with van der Waals surface area (Å²) >= 11 is 6.60. The van der Waals surface area contributed by atoms with Crippen LogP contribution in [0.25, 0.3) is 11.1 Å². The topological polar surface area (TPSA) is 78.0 Å². The normalized spacial score (nSPS) is 19.7. The second-order valence-corrected chi connectivity index (χ2v) is 11.6. The number of carbonyl (C=O) groups is 1. The minimum absolute atomic E-state index is 0.175. The van der Waals surface area contributed by atoms with Gasteiger partial charge in [0.2, 0.25) is 0 Å². The highest BCUT2D eigenvalue weighted by molar-refractivity contribution is 7.62. The van der Waals surface area contributed by atoms with Crippen LogP contribution in [-0.4, -0.2) is 48.8 Å². The minimum Gasteiger partial charge on any atom is -0.461 e. The number of esters is 1. The molecule has 7 nitrogen and oxygen atoms in total. The maximum absolute atomic E-state index is 14.0. The van der Waals surface area contributed by atoms with E-state index in [2.05, 4.69) is 22.0 Å². The molecule has 0 radical (unpaired) electrons. The van der Waals surface area contributed by atoms with Gasteiger partial charge in [-0.05, 0) is 45.9 Å². The van der Waals surface area contributed by atoms with Gasteiger partial charge in [0.15, 0.2) is 0 Å². The van der Waals surface area contributed by atoms with Crippen LogP contribution in [0.15, 0.2) is 54.6 Å². The molecule has 37 heavy (non-hydrogen) atoms. The smallest absolute Gasteiger partial charge is 0.364 e. The van der Waals surface area contributed by atoms with Gasteiger partial charge in [0.25, 0.3) is 0 Å². The lowest BCUT2D eigenvalue weighted by Gasteiger charge is -2.30. The van der Waals surface area contributed by atoms with E-state index in [-0.39, 0.29) is 30.2 Å². The monoisotopic (exact) mass is 542 g/mol. The predicted molar refractivity (Wildman–Crippen MR) is 146 cm³/mol. The molecular formula is C28H32ClN2O5P. The van der Waals surface area contributed by atoms with Crippen molar-refractivity contribution in [2.45, 2.75) is 39.8 Å². The Labute approximate surface area is 223 Å². The molecular weight excluding hydrogens is 511 g/mol. The fourth-order valence-corrected chi connectivity index (χ4v) is 6.87. The standard InChI is InChI=1S/C28H32ClN2O5P/c1-19-14-16-35-37(33,36-19)27-21(3)30-20(2)25(26(27)23-12-8-9-13-24(23)29)28(32)34-17-15-31(4)18-22-10-6-5-7-11-22/h5-13,19H,14-18H2,1-4H3. The first kappa shape index (κ1) is 27.5. The highest BCUT2D eigenvalue weighted by Crippen LogP contribution is 2.54. The summed E-state index contributed by atoms with van der Waals surface area (Å²) in [5, 5.41) is 0.660. The third-order valence-corrected chi connectivity index (χ3v) is 8.84. The Morgan fingerprint density at radius 3 is 2.54 bits per heavy atom. The van der Waals surface area contributed by atoms with Crippen LogP contribution in [0.3, 0.4) is 0 Å². The lowest BCUT2D eigenvalue weighted by atomic mass is 9.98. The summed E-state index contributed by atoms with van der Waals surface area (Å²) in [5.41, 5.74) is 3.23. The van der Waals surface area contributed by atoms with Gasteiger partial charge in [-0.2, -0.15) is 0 Å². The molecule has 0 N–H and O–H groups in total. The van der Waals surface area contributed by atoms with E-state index < -0.39 is 13.6 Å². The number of likely N-dealkylation sites (N-methyl/N-ethyl adjacent to an activating group) is 1. The van der Waals surface area contributed by atoms with Gasteiger partial charge in [0.05, 0.1) is 35.0 Å². The molecule has 0 spiro atoms. The number of halogens is 1. The van der Waals surface area contributed by atoms with Crippen LogP contribution in [0.1, 0.15) is 40.7 Å². The second-order valence-electron chi connectivity index (χ2n) is 9.26. The van der Waals surface area contributed by atoms with Gasteiger partial charge in [-0.15, -0.1) is 0 Å². The summed E-state index contributed by atoms with van der Waals surface area (Å²) in [6.07, 6.45) is 0.352. The van der Waals surface area contributed by atoms with Crippen molar-refractivity contribution < 1.29 is 23.1 Å². The lowest BCUT2D eigenvalue weighted by Crippen LogP contribution is -2.29. The van der Waals surface area contributed by atoms with Crippen LogP contribution >= 0.6 is 19.2 Å². The highest BCUT2D eigenvalue weighted by atomic mass is 35.5. The van der Waals surface area contributed by atoms with Crippen molar-refractivity contribution >= 4 is 30.5 Å². The van der Waals surface area contributed by atoms with E-state index in [1.807, 2.05) is 38.2 Å². The zero-order valence-electron chi connectivity index (χ0n) is 21.6. The Bertz CT molecular complexity index is 1320.